The molecule has 3 unspecified atom stereocenters. The van der Waals surface area contributed by atoms with Gasteiger partial charge in [-0.15, -0.1) is 0 Å². The number of esters is 2. The molecule has 0 aliphatic carbocycles. The molecular formula is C34H56NO10P. The molecule has 1 aliphatic heterocycles. The lowest BCUT2D eigenvalue weighted by Gasteiger charge is -2.37. The van der Waals surface area contributed by atoms with Gasteiger partial charge < -0.3 is 23.8 Å². The van der Waals surface area contributed by atoms with E-state index < -0.39 is 61.2 Å². The quantitative estimate of drug-likeness (QED) is 0.0516. The van der Waals surface area contributed by atoms with E-state index in [0.717, 1.165) is 19.3 Å². The van der Waals surface area contributed by atoms with Gasteiger partial charge in [0.1, 0.15) is 11.8 Å². The van der Waals surface area contributed by atoms with Crippen molar-refractivity contribution in [2.24, 2.45) is 22.7 Å². The Morgan fingerprint density at radius 2 is 1.43 bits per heavy atom. The van der Waals surface area contributed by atoms with E-state index >= 15 is 0 Å². The van der Waals surface area contributed by atoms with Crippen LogP contribution in [0.15, 0.2) is 30.3 Å². The molecule has 0 bridgehead atoms. The predicted molar refractivity (Wildman–Crippen MR) is 175 cm³/mol. The number of hydrogen-bond donors (Lipinski definition) is 2. The predicted octanol–water partition coefficient (Wildman–Crippen LogP) is 7.53. The van der Waals surface area contributed by atoms with E-state index in [1.54, 1.807) is 58.0 Å². The van der Waals surface area contributed by atoms with Gasteiger partial charge in [-0.25, -0.2) is 9.09 Å². The fourth-order valence-electron chi connectivity index (χ4n) is 5.51. The first-order valence-corrected chi connectivity index (χ1v) is 18.2. The van der Waals surface area contributed by atoms with Crippen LogP contribution in [0.5, 0.6) is 5.75 Å². The van der Waals surface area contributed by atoms with Crippen molar-refractivity contribution in [3.8, 4) is 5.75 Å². The normalized spacial score (nSPS) is 18.8. The van der Waals surface area contributed by atoms with Gasteiger partial charge in [-0.3, -0.25) is 14.4 Å². The topological polar surface area (TPSA) is 147 Å². The summed E-state index contributed by atoms with van der Waals surface area (Å²) in [6, 6.07) is 7.24. The van der Waals surface area contributed by atoms with Gasteiger partial charge >= 0.3 is 25.7 Å². The molecule has 1 aromatic rings. The molecular weight excluding hydrogens is 613 g/mol. The number of aliphatic carboxylic acids is 1. The molecule has 4 atom stereocenters. The Hall–Kier alpha value is -2.46. The molecule has 0 amide bonds. The van der Waals surface area contributed by atoms with Crippen molar-refractivity contribution in [1.82, 2.24) is 5.09 Å². The molecule has 0 radical (unpaired) electrons. The Morgan fingerprint density at radius 3 is 2.00 bits per heavy atom. The highest BCUT2D eigenvalue weighted by Crippen LogP contribution is 2.47. The summed E-state index contributed by atoms with van der Waals surface area (Å²) < 4.78 is 41.2. The summed E-state index contributed by atoms with van der Waals surface area (Å²) >= 11 is 0. The van der Waals surface area contributed by atoms with E-state index in [9.17, 15) is 24.1 Å². The van der Waals surface area contributed by atoms with Gasteiger partial charge in [0.25, 0.3) is 0 Å². The zero-order valence-electron chi connectivity index (χ0n) is 28.6. The Morgan fingerprint density at radius 1 is 0.891 bits per heavy atom. The van der Waals surface area contributed by atoms with Crippen LogP contribution >= 0.6 is 7.75 Å². The number of ether oxygens (including phenoxy) is 3. The van der Waals surface area contributed by atoms with Crippen LogP contribution in [0, 0.1) is 22.7 Å². The molecule has 1 fully saturated rings. The Kier molecular flexibility index (Phi) is 16.7. The molecule has 1 aliphatic rings. The first kappa shape index (κ1) is 39.7. The van der Waals surface area contributed by atoms with Crippen molar-refractivity contribution < 1.29 is 47.3 Å². The maximum Gasteiger partial charge on any atom is 0.462 e. The Labute approximate surface area is 275 Å². The van der Waals surface area contributed by atoms with Crippen LogP contribution in [0.25, 0.3) is 0 Å². The number of carboxylic acid groups (broad SMARTS) is 1. The number of carbonyl (C=O) groups excluding carboxylic acids is 2. The summed E-state index contributed by atoms with van der Waals surface area (Å²) in [7, 11) is -4.24. The van der Waals surface area contributed by atoms with Crippen molar-refractivity contribution in [2.45, 2.75) is 112 Å². The number of benzene rings is 1. The summed E-state index contributed by atoms with van der Waals surface area (Å²) in [6.45, 7) is 10.2. The summed E-state index contributed by atoms with van der Waals surface area (Å²) in [4.78, 5) is 37.8. The van der Waals surface area contributed by atoms with Crippen molar-refractivity contribution in [3.05, 3.63) is 30.3 Å². The lowest BCUT2D eigenvalue weighted by Crippen LogP contribution is -2.45. The third-order valence-electron chi connectivity index (χ3n) is 8.84. The van der Waals surface area contributed by atoms with Crippen molar-refractivity contribution in [3.63, 3.8) is 0 Å². The molecule has 1 saturated heterocycles. The lowest BCUT2D eigenvalue weighted by atomic mass is 9.64. The van der Waals surface area contributed by atoms with Crippen LogP contribution in [-0.4, -0.2) is 55.7 Å². The van der Waals surface area contributed by atoms with E-state index in [4.69, 9.17) is 23.3 Å². The number of carboxylic acids is 1. The van der Waals surface area contributed by atoms with E-state index in [-0.39, 0.29) is 25.6 Å². The molecule has 46 heavy (non-hydrogen) atoms. The SMILES string of the molecule is CCCCCCCCCCCCOC(=O)[C@H](C)NP(=O)(OCOC(=O)C(C)(C)C1COCC1C(C)(C)C(=O)O)Oc1ccccc1. The van der Waals surface area contributed by atoms with Gasteiger partial charge in [0.15, 0.2) is 0 Å². The van der Waals surface area contributed by atoms with E-state index in [1.165, 1.54) is 51.9 Å². The second kappa shape index (κ2) is 19.4. The smallest absolute Gasteiger partial charge is 0.462 e. The van der Waals surface area contributed by atoms with Gasteiger partial charge in [0, 0.05) is 11.8 Å². The first-order valence-electron chi connectivity index (χ1n) is 16.7. The van der Waals surface area contributed by atoms with Crippen LogP contribution in [0.1, 0.15) is 106 Å². The average Bonchev–Trinajstić information content (AvgIpc) is 3.52. The summed E-state index contributed by atoms with van der Waals surface area (Å²) in [5, 5.41) is 12.3. The van der Waals surface area contributed by atoms with Crippen molar-refractivity contribution in [1.29, 1.82) is 0 Å². The monoisotopic (exact) mass is 669 g/mol. The van der Waals surface area contributed by atoms with Crippen molar-refractivity contribution >= 4 is 25.7 Å². The number of nitrogens with one attached hydrogen (secondary N) is 1. The number of unbranched alkanes of at least 4 members (excludes halogenated alkanes) is 9. The molecule has 11 nitrogen and oxygen atoms in total. The molecule has 1 aromatic carbocycles. The second-order valence-electron chi connectivity index (χ2n) is 13.3. The van der Waals surface area contributed by atoms with Gasteiger partial charge in [-0.1, -0.05) is 82.9 Å². The minimum Gasteiger partial charge on any atom is -0.481 e. The molecule has 0 aromatic heterocycles. The molecule has 262 valence electrons. The molecule has 12 heteroatoms. The second-order valence-corrected chi connectivity index (χ2v) is 15.0. The zero-order valence-corrected chi connectivity index (χ0v) is 29.5. The average molecular weight is 670 g/mol. The highest BCUT2D eigenvalue weighted by atomic mass is 31.2. The number of rotatable bonds is 23. The Bertz CT molecular complexity index is 1130. The minimum atomic E-state index is -4.24. The molecule has 2 rings (SSSR count). The van der Waals surface area contributed by atoms with Crippen LogP contribution in [0.2, 0.25) is 0 Å². The van der Waals surface area contributed by atoms with Crippen LogP contribution in [0.4, 0.5) is 0 Å². The van der Waals surface area contributed by atoms with E-state index in [2.05, 4.69) is 12.0 Å². The van der Waals surface area contributed by atoms with Crippen LogP contribution in [0.3, 0.4) is 0 Å². The van der Waals surface area contributed by atoms with Gasteiger partial charge in [0.2, 0.25) is 6.79 Å². The van der Waals surface area contributed by atoms with Crippen molar-refractivity contribution in [2.75, 3.05) is 26.6 Å². The molecule has 2 N–H and O–H groups in total. The summed E-state index contributed by atoms with van der Waals surface area (Å²) in [5.41, 5.74) is -2.27. The Balaban J connectivity index is 1.90. The van der Waals surface area contributed by atoms with Gasteiger partial charge in [0.05, 0.1) is 30.7 Å². The summed E-state index contributed by atoms with van der Waals surface area (Å²) in [5.74, 6) is -2.93. The summed E-state index contributed by atoms with van der Waals surface area (Å²) in [6.07, 6.45) is 11.6. The zero-order chi connectivity index (χ0) is 34.2. The largest absolute Gasteiger partial charge is 0.481 e. The molecule has 1 heterocycles. The number of para-hydroxylation sites is 1. The molecule has 0 spiro atoms. The van der Waals surface area contributed by atoms with Crippen LogP contribution in [-0.2, 0) is 37.7 Å². The maximum absolute atomic E-state index is 13.8. The van der Waals surface area contributed by atoms with Crippen LogP contribution < -0.4 is 9.61 Å². The number of hydrogen-bond acceptors (Lipinski definition) is 9. The third kappa shape index (κ3) is 12.6. The first-order chi connectivity index (χ1) is 21.7. The van der Waals surface area contributed by atoms with Gasteiger partial charge in [-0.2, -0.15) is 5.09 Å². The minimum absolute atomic E-state index is 0.195. The highest BCUT2D eigenvalue weighted by molar-refractivity contribution is 7.52. The third-order valence-corrected chi connectivity index (χ3v) is 10.4. The molecule has 0 saturated carbocycles. The number of carbonyl (C=O) groups is 3. The maximum atomic E-state index is 13.8. The van der Waals surface area contributed by atoms with E-state index in [1.807, 2.05) is 0 Å². The van der Waals surface area contributed by atoms with Gasteiger partial charge in [-0.05, 0) is 53.2 Å². The highest BCUT2D eigenvalue weighted by Gasteiger charge is 2.53. The lowest BCUT2D eigenvalue weighted by molar-refractivity contribution is -0.168. The fraction of sp³-hybridized carbons (Fsp3) is 0.735. The standard InChI is InChI=1S/C34H56NO10P/c1-7-8-9-10-11-12-13-14-15-19-22-42-30(36)26(2)35-46(40,45-27-20-17-16-18-21-27)44-25-43-32(39)34(5,6)29-24-41-23-28(29)33(3,4)31(37)38/h16-18,20-21,26,28-29H,7-15,19,22-25H2,1-6H3,(H,35,40)(H,37,38)/t26-,28?,29?,46?/m0/s1. The fourth-order valence-corrected chi connectivity index (χ4v) is 6.86. The van der Waals surface area contributed by atoms with E-state index in [0.29, 0.717) is 0 Å².